The van der Waals surface area contributed by atoms with Gasteiger partial charge in [0.25, 0.3) is 0 Å². The molecule has 1 fully saturated rings. The summed E-state index contributed by atoms with van der Waals surface area (Å²) in [5.41, 5.74) is -0.139. The Hall–Kier alpha value is 0.0569. The van der Waals surface area contributed by atoms with Gasteiger partial charge in [0, 0.05) is 6.04 Å². The number of rotatable bonds is 5. The van der Waals surface area contributed by atoms with Crippen LogP contribution in [0.2, 0.25) is 0 Å². The van der Waals surface area contributed by atoms with Crippen molar-refractivity contribution in [2.45, 2.75) is 64.5 Å². The molecule has 102 valence electrons. The average molecular weight is 259 g/mol. The fourth-order valence-electron chi connectivity index (χ4n) is 2.39. The number of nitrogens with one attached hydrogen (secondary N) is 3. The van der Waals surface area contributed by atoms with E-state index in [1.165, 1.54) is 32.1 Å². The molecule has 1 saturated carbocycles. The molecule has 17 heavy (non-hydrogen) atoms. The van der Waals surface area contributed by atoms with Crippen LogP contribution in [0.15, 0.2) is 0 Å². The molecular formula is C12H29N3OSi. The summed E-state index contributed by atoms with van der Waals surface area (Å²) in [6, 6.07) is 0.595. The fraction of sp³-hybridized carbons (Fsp3) is 1.00. The summed E-state index contributed by atoms with van der Waals surface area (Å²) < 4.78 is 6.23. The van der Waals surface area contributed by atoms with Crippen LogP contribution in [0.25, 0.3) is 0 Å². The van der Waals surface area contributed by atoms with Crippen molar-refractivity contribution in [3.63, 3.8) is 0 Å². The maximum Gasteiger partial charge on any atom is 0.440 e. The predicted octanol–water partition coefficient (Wildman–Crippen LogP) is 1.60. The van der Waals surface area contributed by atoms with Crippen LogP contribution in [-0.2, 0) is 4.43 Å². The van der Waals surface area contributed by atoms with Gasteiger partial charge in [0.2, 0.25) is 0 Å². The summed E-state index contributed by atoms with van der Waals surface area (Å²) in [4.78, 5) is 10.4. The van der Waals surface area contributed by atoms with Crippen LogP contribution in [-0.4, -0.2) is 34.5 Å². The van der Waals surface area contributed by atoms with Gasteiger partial charge in [0.1, 0.15) is 0 Å². The Kier molecular flexibility index (Phi) is 5.59. The van der Waals surface area contributed by atoms with Crippen LogP contribution < -0.4 is 14.9 Å². The Morgan fingerprint density at radius 1 is 1.00 bits per heavy atom. The molecule has 0 aromatic rings. The third kappa shape index (κ3) is 5.05. The average Bonchev–Trinajstić information content (AvgIpc) is 2.27. The van der Waals surface area contributed by atoms with Crippen molar-refractivity contribution in [2.24, 2.45) is 0 Å². The predicted molar refractivity (Wildman–Crippen MR) is 74.7 cm³/mol. The highest BCUT2D eigenvalue weighted by Crippen LogP contribution is 2.19. The highest BCUT2D eigenvalue weighted by Gasteiger charge is 2.40. The van der Waals surface area contributed by atoms with Crippen LogP contribution in [0.5, 0.6) is 0 Å². The molecule has 0 unspecified atom stereocenters. The van der Waals surface area contributed by atoms with Gasteiger partial charge in [-0.2, -0.15) is 0 Å². The Morgan fingerprint density at radius 3 is 1.94 bits per heavy atom. The lowest BCUT2D eigenvalue weighted by atomic mass is 9.96. The van der Waals surface area contributed by atoms with Crippen molar-refractivity contribution in [2.75, 3.05) is 14.1 Å². The molecule has 3 N–H and O–H groups in total. The zero-order chi connectivity index (χ0) is 12.9. The normalized spacial score (nSPS) is 19.6. The molecule has 5 heteroatoms. The van der Waals surface area contributed by atoms with Gasteiger partial charge in [0.05, 0.1) is 5.60 Å². The quantitative estimate of drug-likeness (QED) is 0.656. The van der Waals surface area contributed by atoms with E-state index in [-0.39, 0.29) is 5.60 Å². The topological polar surface area (TPSA) is 45.3 Å². The van der Waals surface area contributed by atoms with Crippen LogP contribution in [0, 0.1) is 0 Å². The Labute approximate surface area is 107 Å². The molecule has 0 aromatic heterocycles. The summed E-state index contributed by atoms with van der Waals surface area (Å²) in [6.07, 6.45) is 6.60. The van der Waals surface area contributed by atoms with E-state index in [9.17, 15) is 0 Å². The van der Waals surface area contributed by atoms with E-state index in [2.05, 4.69) is 35.7 Å². The third-order valence-corrected chi connectivity index (χ3v) is 6.32. The SMILES string of the molecule is CN[Si](NC)(NC1CCCCC1)OC(C)(C)C. The third-order valence-electron chi connectivity index (χ3n) is 3.18. The van der Waals surface area contributed by atoms with Gasteiger partial charge in [-0.15, -0.1) is 0 Å². The van der Waals surface area contributed by atoms with Gasteiger partial charge in [-0.05, 0) is 47.7 Å². The molecule has 1 rings (SSSR count). The molecule has 4 nitrogen and oxygen atoms in total. The van der Waals surface area contributed by atoms with Gasteiger partial charge < -0.3 is 4.43 Å². The summed E-state index contributed by atoms with van der Waals surface area (Å²) in [5, 5.41) is 0. The lowest BCUT2D eigenvalue weighted by Crippen LogP contribution is -2.76. The summed E-state index contributed by atoms with van der Waals surface area (Å²) in [6.45, 7) is 6.31. The molecule has 0 aliphatic heterocycles. The van der Waals surface area contributed by atoms with Crippen molar-refractivity contribution in [1.82, 2.24) is 14.9 Å². The molecule has 0 heterocycles. The van der Waals surface area contributed by atoms with Gasteiger partial charge in [-0.3, -0.25) is 14.9 Å². The highest BCUT2D eigenvalue weighted by molar-refractivity contribution is 6.66. The largest absolute Gasteiger partial charge is 0.440 e. The van der Waals surface area contributed by atoms with Crippen molar-refractivity contribution < 1.29 is 4.43 Å². The molecule has 0 radical (unpaired) electrons. The minimum absolute atomic E-state index is 0.139. The lowest BCUT2D eigenvalue weighted by Gasteiger charge is -2.39. The Morgan fingerprint density at radius 2 is 1.53 bits per heavy atom. The summed E-state index contributed by atoms with van der Waals surface area (Å²) in [7, 11) is 1.74. The van der Waals surface area contributed by atoms with Crippen LogP contribution in [0.3, 0.4) is 0 Å². The first-order chi connectivity index (χ1) is 7.91. The molecule has 1 aliphatic rings. The van der Waals surface area contributed by atoms with Crippen molar-refractivity contribution in [1.29, 1.82) is 0 Å². The number of hydrogen-bond donors (Lipinski definition) is 3. The molecule has 0 spiro atoms. The molecular weight excluding hydrogens is 230 g/mol. The lowest BCUT2D eigenvalue weighted by molar-refractivity contribution is 0.0996. The second-order valence-electron chi connectivity index (χ2n) is 5.87. The first-order valence-electron chi connectivity index (χ1n) is 6.76. The van der Waals surface area contributed by atoms with E-state index in [0.29, 0.717) is 6.04 Å². The standard InChI is InChI=1S/C12H29N3OSi/c1-12(2,3)16-17(13-4,14-5)15-11-9-7-6-8-10-11/h11,13-15H,6-10H2,1-5H3. The van der Waals surface area contributed by atoms with Crippen LogP contribution >= 0.6 is 0 Å². The van der Waals surface area contributed by atoms with E-state index in [1.54, 1.807) is 0 Å². The molecule has 0 amide bonds. The molecule has 0 aromatic carbocycles. The van der Waals surface area contributed by atoms with E-state index >= 15 is 0 Å². The zero-order valence-corrected chi connectivity index (χ0v) is 13.0. The van der Waals surface area contributed by atoms with Gasteiger partial charge in [-0.25, -0.2) is 0 Å². The molecule has 1 aliphatic carbocycles. The second kappa shape index (κ2) is 6.29. The summed E-state index contributed by atoms with van der Waals surface area (Å²) >= 11 is 0. The van der Waals surface area contributed by atoms with Crippen molar-refractivity contribution >= 4 is 8.80 Å². The van der Waals surface area contributed by atoms with Crippen molar-refractivity contribution in [3.8, 4) is 0 Å². The van der Waals surface area contributed by atoms with E-state index in [0.717, 1.165) is 0 Å². The van der Waals surface area contributed by atoms with E-state index in [1.807, 2.05) is 14.1 Å². The minimum Gasteiger partial charge on any atom is -0.375 e. The maximum absolute atomic E-state index is 6.23. The molecule has 0 atom stereocenters. The maximum atomic E-state index is 6.23. The highest BCUT2D eigenvalue weighted by atomic mass is 28.4. The fourth-order valence-corrected chi connectivity index (χ4v) is 4.98. The van der Waals surface area contributed by atoms with E-state index < -0.39 is 8.80 Å². The van der Waals surface area contributed by atoms with Crippen molar-refractivity contribution in [3.05, 3.63) is 0 Å². The van der Waals surface area contributed by atoms with Crippen LogP contribution in [0.1, 0.15) is 52.9 Å². The molecule has 0 bridgehead atoms. The Bertz CT molecular complexity index is 220. The first-order valence-corrected chi connectivity index (χ1v) is 8.67. The monoisotopic (exact) mass is 259 g/mol. The van der Waals surface area contributed by atoms with Gasteiger partial charge in [-0.1, -0.05) is 19.3 Å². The van der Waals surface area contributed by atoms with E-state index in [4.69, 9.17) is 4.43 Å². The first kappa shape index (κ1) is 15.1. The number of hydrogen-bond acceptors (Lipinski definition) is 4. The molecule has 0 saturated heterocycles. The zero-order valence-electron chi connectivity index (χ0n) is 12.0. The van der Waals surface area contributed by atoms with Gasteiger partial charge in [0.15, 0.2) is 0 Å². The summed E-state index contributed by atoms with van der Waals surface area (Å²) in [5.74, 6) is 0. The Balaban J connectivity index is 2.62. The van der Waals surface area contributed by atoms with Crippen LogP contribution in [0.4, 0.5) is 0 Å². The minimum atomic E-state index is -2.22. The van der Waals surface area contributed by atoms with Gasteiger partial charge >= 0.3 is 8.80 Å². The second-order valence-corrected chi connectivity index (χ2v) is 8.73. The smallest absolute Gasteiger partial charge is 0.375 e.